The molecule has 3 fully saturated rings. The lowest BCUT2D eigenvalue weighted by atomic mass is 9.93. The van der Waals surface area contributed by atoms with Crippen LogP contribution in [0.15, 0.2) is 35.0 Å². The third-order valence-corrected chi connectivity index (χ3v) is 6.27. The van der Waals surface area contributed by atoms with Crippen LogP contribution in [0.25, 0.3) is 0 Å². The number of carbonyl (C=O) groups is 1. The lowest BCUT2D eigenvalue weighted by Gasteiger charge is -2.26. The van der Waals surface area contributed by atoms with E-state index in [1.54, 1.807) is 0 Å². The number of anilines is 1. The molecule has 3 atom stereocenters. The highest BCUT2D eigenvalue weighted by Gasteiger charge is 2.46. The Hall–Kier alpha value is -1.60. The molecule has 3 heterocycles. The number of carbonyl (C=O) groups excluding carboxylic acids is 1. The van der Waals surface area contributed by atoms with Crippen LogP contribution in [0.1, 0.15) is 24.8 Å². The summed E-state index contributed by atoms with van der Waals surface area (Å²) < 4.78 is 5.98. The maximum atomic E-state index is 12.5. The van der Waals surface area contributed by atoms with Crippen molar-refractivity contribution in [2.75, 3.05) is 18.5 Å². The molecule has 1 aromatic carbocycles. The molecule has 1 aromatic rings. The van der Waals surface area contributed by atoms with Crippen molar-refractivity contribution in [3.05, 3.63) is 40.6 Å². The van der Waals surface area contributed by atoms with Crippen LogP contribution < -0.4 is 21.5 Å². The predicted octanol–water partition coefficient (Wildman–Crippen LogP) is 1.64. The molecule has 0 radical (unpaired) electrons. The van der Waals surface area contributed by atoms with Crippen LogP contribution in [0, 0.1) is 5.92 Å². The SMILES string of the molecule is O=C(Nc1ccc(CC23CNC(CO2)C3)cc1)C1=C(Cl)C(C2CC2)NN1. The number of halogens is 1. The molecular weight excluding hydrogens is 352 g/mol. The fourth-order valence-corrected chi connectivity index (χ4v) is 4.60. The van der Waals surface area contributed by atoms with Crippen molar-refractivity contribution in [3.63, 3.8) is 0 Å². The zero-order valence-corrected chi connectivity index (χ0v) is 15.2. The van der Waals surface area contributed by atoms with Crippen LogP contribution in [-0.4, -0.2) is 36.7 Å². The third kappa shape index (κ3) is 3.01. The van der Waals surface area contributed by atoms with Crippen LogP contribution >= 0.6 is 11.6 Å². The maximum absolute atomic E-state index is 12.5. The summed E-state index contributed by atoms with van der Waals surface area (Å²) in [7, 11) is 0. The van der Waals surface area contributed by atoms with Crippen molar-refractivity contribution < 1.29 is 9.53 Å². The van der Waals surface area contributed by atoms with Crippen LogP contribution in [0.2, 0.25) is 0 Å². The summed E-state index contributed by atoms with van der Waals surface area (Å²) in [6.45, 7) is 1.73. The smallest absolute Gasteiger partial charge is 0.274 e. The van der Waals surface area contributed by atoms with Crippen molar-refractivity contribution >= 4 is 23.2 Å². The van der Waals surface area contributed by atoms with Crippen molar-refractivity contribution in [1.29, 1.82) is 0 Å². The summed E-state index contributed by atoms with van der Waals surface area (Å²) in [6.07, 6.45) is 4.30. The first-order valence-corrected chi connectivity index (χ1v) is 9.69. The molecule has 1 aliphatic carbocycles. The molecule has 138 valence electrons. The van der Waals surface area contributed by atoms with Gasteiger partial charge in [-0.15, -0.1) is 0 Å². The monoisotopic (exact) mass is 374 g/mol. The number of fused-ring (bicyclic) bond motifs is 2. The summed E-state index contributed by atoms with van der Waals surface area (Å²) >= 11 is 6.37. The highest BCUT2D eigenvalue weighted by atomic mass is 35.5. The van der Waals surface area contributed by atoms with E-state index in [0.29, 0.717) is 22.7 Å². The van der Waals surface area contributed by atoms with E-state index in [9.17, 15) is 4.79 Å². The molecule has 4 N–H and O–H groups in total. The molecule has 3 unspecified atom stereocenters. The van der Waals surface area contributed by atoms with Gasteiger partial charge in [0.1, 0.15) is 5.70 Å². The fraction of sp³-hybridized carbons (Fsp3) is 0.526. The van der Waals surface area contributed by atoms with Gasteiger partial charge in [0.2, 0.25) is 0 Å². The zero-order chi connectivity index (χ0) is 17.7. The number of rotatable bonds is 5. The van der Waals surface area contributed by atoms with Crippen LogP contribution in [-0.2, 0) is 16.0 Å². The highest BCUT2D eigenvalue weighted by molar-refractivity contribution is 6.33. The van der Waals surface area contributed by atoms with Gasteiger partial charge in [-0.05, 0) is 42.9 Å². The first kappa shape index (κ1) is 16.6. The normalized spacial score (nSPS) is 32.8. The number of nitrogens with one attached hydrogen (secondary N) is 4. The van der Waals surface area contributed by atoms with Crippen molar-refractivity contribution in [3.8, 4) is 0 Å². The number of morpholine rings is 1. The summed E-state index contributed by atoms with van der Waals surface area (Å²) in [5.74, 6) is 0.334. The van der Waals surface area contributed by atoms with Gasteiger partial charge >= 0.3 is 0 Å². The molecule has 2 saturated heterocycles. The minimum atomic E-state index is -0.209. The Morgan fingerprint density at radius 2 is 2.12 bits per heavy atom. The first-order chi connectivity index (χ1) is 12.6. The number of hydrogen-bond acceptors (Lipinski definition) is 5. The average molecular weight is 375 g/mol. The first-order valence-electron chi connectivity index (χ1n) is 9.31. The Morgan fingerprint density at radius 1 is 1.31 bits per heavy atom. The summed E-state index contributed by atoms with van der Waals surface area (Å²) in [5, 5.41) is 7.00. The number of benzene rings is 1. The van der Waals surface area contributed by atoms with Gasteiger partial charge in [-0.3, -0.25) is 4.79 Å². The van der Waals surface area contributed by atoms with Crippen LogP contribution in [0.4, 0.5) is 5.69 Å². The van der Waals surface area contributed by atoms with E-state index >= 15 is 0 Å². The Morgan fingerprint density at radius 3 is 2.73 bits per heavy atom. The maximum Gasteiger partial charge on any atom is 0.274 e. The second-order valence-electron chi connectivity index (χ2n) is 7.91. The molecule has 0 spiro atoms. The molecule has 4 aliphatic rings. The molecule has 6 nitrogen and oxygen atoms in total. The van der Waals surface area contributed by atoms with Gasteiger partial charge in [-0.2, -0.15) is 0 Å². The summed E-state index contributed by atoms with van der Waals surface area (Å²) in [5.41, 5.74) is 8.41. The van der Waals surface area contributed by atoms with Crippen LogP contribution in [0.5, 0.6) is 0 Å². The van der Waals surface area contributed by atoms with Crippen molar-refractivity contribution in [2.45, 2.75) is 43.4 Å². The van der Waals surface area contributed by atoms with Gasteiger partial charge in [0.25, 0.3) is 5.91 Å². The molecule has 7 heteroatoms. The van der Waals surface area contributed by atoms with E-state index < -0.39 is 0 Å². The van der Waals surface area contributed by atoms with E-state index in [1.165, 1.54) is 5.56 Å². The molecule has 2 bridgehead atoms. The number of amides is 1. The van der Waals surface area contributed by atoms with Gasteiger partial charge in [-0.25, -0.2) is 5.43 Å². The molecule has 26 heavy (non-hydrogen) atoms. The second kappa shape index (κ2) is 6.23. The van der Waals surface area contributed by atoms with Crippen molar-refractivity contribution in [1.82, 2.24) is 16.2 Å². The second-order valence-corrected chi connectivity index (χ2v) is 8.32. The van der Waals surface area contributed by atoms with Crippen molar-refractivity contribution in [2.24, 2.45) is 5.92 Å². The number of hydrazine groups is 1. The minimum absolute atomic E-state index is 0.0506. The Kier molecular flexibility index (Phi) is 3.97. The molecule has 5 rings (SSSR count). The molecule has 1 amide bonds. The minimum Gasteiger partial charge on any atom is -0.372 e. The van der Waals surface area contributed by atoms with Gasteiger partial charge in [0.05, 0.1) is 23.3 Å². The molecular formula is C19H23ClN4O2. The van der Waals surface area contributed by atoms with E-state index in [2.05, 4.69) is 33.6 Å². The van der Waals surface area contributed by atoms with Gasteiger partial charge in [-0.1, -0.05) is 23.7 Å². The van der Waals surface area contributed by atoms with E-state index in [1.807, 2.05) is 12.1 Å². The number of hydrogen-bond donors (Lipinski definition) is 4. The highest BCUT2D eigenvalue weighted by Crippen LogP contribution is 2.39. The van der Waals surface area contributed by atoms with E-state index in [4.69, 9.17) is 16.3 Å². The number of ether oxygens (including phenoxy) is 1. The Labute approximate surface area is 157 Å². The fourth-order valence-electron chi connectivity index (χ4n) is 4.23. The predicted molar refractivity (Wildman–Crippen MR) is 99.5 cm³/mol. The van der Waals surface area contributed by atoms with Gasteiger partial charge < -0.3 is 20.8 Å². The summed E-state index contributed by atoms with van der Waals surface area (Å²) in [4.78, 5) is 12.5. The standard InChI is InChI=1S/C19H23ClN4O2/c20-15-16(12-3-4-12)23-24-17(15)18(25)22-13-5-1-11(2-6-13)7-19-8-14(9-26-19)21-10-19/h1-2,5-6,12,14,16,21,23-24H,3-4,7-10H2,(H,22,25). The summed E-state index contributed by atoms with van der Waals surface area (Å²) in [6, 6.07) is 8.57. The van der Waals surface area contributed by atoms with E-state index in [-0.39, 0.29) is 17.6 Å². The van der Waals surface area contributed by atoms with Gasteiger partial charge in [0.15, 0.2) is 0 Å². The van der Waals surface area contributed by atoms with Crippen LogP contribution in [0.3, 0.4) is 0 Å². The Balaban J connectivity index is 1.23. The molecule has 3 aliphatic heterocycles. The van der Waals surface area contributed by atoms with Gasteiger partial charge in [0, 0.05) is 24.7 Å². The lowest BCUT2D eigenvalue weighted by molar-refractivity contribution is -0.113. The molecule has 0 aromatic heterocycles. The van der Waals surface area contributed by atoms with E-state index in [0.717, 1.165) is 44.5 Å². The molecule has 1 saturated carbocycles. The quantitative estimate of drug-likeness (QED) is 0.630. The average Bonchev–Trinajstić information content (AvgIpc) is 3.12. The largest absolute Gasteiger partial charge is 0.372 e. The topological polar surface area (TPSA) is 74.4 Å². The Bertz CT molecular complexity index is 751. The lowest BCUT2D eigenvalue weighted by Crippen LogP contribution is -2.40. The third-order valence-electron chi connectivity index (χ3n) is 5.85. The zero-order valence-electron chi connectivity index (χ0n) is 14.5.